The molecule has 28 heavy (non-hydrogen) atoms. The Hall–Kier alpha value is -0.620. The fraction of sp³-hybridized carbons (Fsp3) is 0.739. The Morgan fingerprint density at radius 2 is 1.89 bits per heavy atom. The van der Waals surface area contributed by atoms with E-state index in [1.165, 1.54) is 17.7 Å². The van der Waals surface area contributed by atoms with Crippen molar-refractivity contribution in [3.8, 4) is 0 Å². The molecule has 5 bridgehead atoms. The fourth-order valence-electron chi connectivity index (χ4n) is 7.88. The summed E-state index contributed by atoms with van der Waals surface area (Å²) < 4.78 is 0. The van der Waals surface area contributed by atoms with Gasteiger partial charge in [-0.1, -0.05) is 48.0 Å². The predicted molar refractivity (Wildman–Crippen MR) is 116 cm³/mol. The molecule has 1 aliphatic carbocycles. The number of benzene rings is 1. The zero-order valence-corrected chi connectivity index (χ0v) is 18.7. The Morgan fingerprint density at radius 3 is 2.57 bits per heavy atom. The number of aliphatic hydroxyl groups excluding tert-OH is 2. The molecule has 6 aliphatic rings. The van der Waals surface area contributed by atoms with Crippen LogP contribution in [0.25, 0.3) is 0 Å². The van der Waals surface area contributed by atoms with E-state index in [1.54, 1.807) is 0 Å². The number of likely N-dealkylation sites (N-methyl/N-ethyl adjacent to an activating group) is 1. The van der Waals surface area contributed by atoms with E-state index in [4.69, 9.17) is 0 Å². The summed E-state index contributed by atoms with van der Waals surface area (Å²) in [6.07, 6.45) is 3.79. The van der Waals surface area contributed by atoms with Crippen molar-refractivity contribution in [2.24, 2.45) is 17.8 Å². The van der Waals surface area contributed by atoms with Gasteiger partial charge in [0.1, 0.15) is 6.23 Å². The summed E-state index contributed by atoms with van der Waals surface area (Å²) in [5.41, 5.74) is 2.51. The molecule has 154 valence electrons. The third-order valence-corrected chi connectivity index (χ3v) is 9.44. The van der Waals surface area contributed by atoms with Crippen molar-refractivity contribution >= 4 is 21.6 Å². The molecule has 0 radical (unpaired) electrons. The van der Waals surface area contributed by atoms with Gasteiger partial charge in [0.25, 0.3) is 0 Å². The predicted octanol–water partition coefficient (Wildman–Crippen LogP) is 3.35. The quantitative estimate of drug-likeness (QED) is 0.680. The van der Waals surface area contributed by atoms with Crippen LogP contribution >= 0.6 is 15.9 Å². The smallest absolute Gasteiger partial charge is 0.111 e. The van der Waals surface area contributed by atoms with Gasteiger partial charge >= 0.3 is 0 Å². The van der Waals surface area contributed by atoms with Crippen LogP contribution in [0.4, 0.5) is 5.69 Å². The van der Waals surface area contributed by atoms with Crippen LogP contribution in [0.1, 0.15) is 45.1 Å². The van der Waals surface area contributed by atoms with Gasteiger partial charge < -0.3 is 15.1 Å². The van der Waals surface area contributed by atoms with Crippen LogP contribution in [0.3, 0.4) is 0 Å². The molecule has 4 saturated heterocycles. The highest BCUT2D eigenvalue weighted by atomic mass is 79.9. The Bertz CT molecular complexity index is 758. The summed E-state index contributed by atoms with van der Waals surface area (Å²) in [5, 5.41) is 23.8. The van der Waals surface area contributed by atoms with Gasteiger partial charge in [-0.05, 0) is 43.2 Å². The van der Waals surface area contributed by atoms with E-state index in [-0.39, 0.29) is 17.7 Å². The first kappa shape index (κ1) is 19.3. The average molecular weight is 449 g/mol. The molecule has 1 spiro atoms. The van der Waals surface area contributed by atoms with E-state index in [0.717, 1.165) is 24.6 Å². The molecule has 0 aromatic heterocycles. The number of nitrogens with zero attached hydrogens (tertiary/aromatic N) is 2. The van der Waals surface area contributed by atoms with E-state index in [2.05, 4.69) is 70.9 Å². The van der Waals surface area contributed by atoms with Crippen molar-refractivity contribution in [2.75, 3.05) is 17.3 Å². The molecule has 5 heteroatoms. The van der Waals surface area contributed by atoms with Crippen LogP contribution in [0.5, 0.6) is 0 Å². The van der Waals surface area contributed by atoms with Crippen LogP contribution in [-0.4, -0.2) is 57.9 Å². The third kappa shape index (κ3) is 2.12. The monoisotopic (exact) mass is 448 g/mol. The minimum atomic E-state index is -0.319. The number of hydrogen-bond donors (Lipinski definition) is 2. The van der Waals surface area contributed by atoms with Gasteiger partial charge in [0.05, 0.1) is 12.1 Å². The number of rotatable bonds is 2. The Labute approximate surface area is 177 Å². The number of hydrogen-bond acceptors (Lipinski definition) is 4. The lowest BCUT2D eigenvalue weighted by atomic mass is 9.62. The molecule has 1 aromatic carbocycles. The maximum absolute atomic E-state index is 11.6. The zero-order chi connectivity index (χ0) is 19.8. The average Bonchev–Trinajstić information content (AvgIpc) is 3.10. The van der Waals surface area contributed by atoms with Crippen LogP contribution in [-0.2, 0) is 5.41 Å². The second-order valence-corrected chi connectivity index (χ2v) is 10.3. The van der Waals surface area contributed by atoms with Crippen molar-refractivity contribution in [1.82, 2.24) is 4.90 Å². The van der Waals surface area contributed by atoms with Gasteiger partial charge in [-0.15, -0.1) is 0 Å². The topological polar surface area (TPSA) is 46.9 Å². The first-order valence-corrected chi connectivity index (χ1v) is 12.2. The van der Waals surface area contributed by atoms with Crippen molar-refractivity contribution in [1.29, 1.82) is 0 Å². The summed E-state index contributed by atoms with van der Waals surface area (Å²) in [7, 11) is 2.19. The summed E-state index contributed by atoms with van der Waals surface area (Å²) in [6.45, 7) is 4.33. The Balaban J connectivity index is 0.000000393. The van der Waals surface area contributed by atoms with Crippen LogP contribution in [0.2, 0.25) is 0 Å². The van der Waals surface area contributed by atoms with E-state index in [0.29, 0.717) is 35.9 Å². The number of anilines is 1. The van der Waals surface area contributed by atoms with E-state index >= 15 is 0 Å². The van der Waals surface area contributed by atoms with Crippen LogP contribution in [0, 0.1) is 17.8 Å². The second-order valence-electron chi connectivity index (χ2n) is 9.50. The SMILES string of the molecule is CCCBr.CC[C@@H]1[C@@H]2C[C@@H]3[C@@H]4N(C)c5ccccc5[C@@]45C[C@@H](C2C5O)N3[C@@H]1O. The molecule has 1 aromatic rings. The molecule has 5 heterocycles. The zero-order valence-electron chi connectivity index (χ0n) is 17.1. The van der Waals surface area contributed by atoms with E-state index in [1.807, 2.05) is 0 Å². The molecule has 3 unspecified atom stereocenters. The van der Waals surface area contributed by atoms with Gasteiger partial charge in [-0.3, -0.25) is 4.90 Å². The number of fused-ring (bicyclic) bond motifs is 2. The lowest BCUT2D eigenvalue weighted by molar-refractivity contribution is -0.211. The summed E-state index contributed by atoms with van der Waals surface area (Å²) >= 11 is 3.25. The standard InChI is InChI=1S/C20H26N2O2.C3H7Br/c1-3-10-11-8-14-17-20(12-6-4-5-7-13(12)21(17)2)9-15(16(11)18(20)23)22(14)19(10)24;1-2-3-4/h4-7,10-11,14-19,23-24H,3,8-9H2,1-2H3;2-3H2,1H3/t10-,11+,14-,15+,16?,17+,18?,19-,20+;/m1./s1. The molecule has 7 rings (SSSR count). The molecule has 10 atom stereocenters. The summed E-state index contributed by atoms with van der Waals surface area (Å²) in [6, 6.07) is 9.70. The van der Waals surface area contributed by atoms with Crippen LogP contribution in [0.15, 0.2) is 24.3 Å². The lowest BCUT2D eigenvalue weighted by Crippen LogP contribution is -2.72. The molecular formula is C23H33BrN2O2. The van der Waals surface area contributed by atoms with Gasteiger partial charge in [0.2, 0.25) is 0 Å². The Kier molecular flexibility index (Phi) is 4.63. The molecule has 1 saturated carbocycles. The largest absolute Gasteiger partial charge is 0.392 e. The minimum absolute atomic E-state index is 0.126. The van der Waals surface area contributed by atoms with Crippen molar-refractivity contribution in [2.45, 2.75) is 75.4 Å². The fourth-order valence-corrected chi connectivity index (χ4v) is 7.88. The highest BCUT2D eigenvalue weighted by Gasteiger charge is 2.76. The van der Waals surface area contributed by atoms with Crippen LogP contribution < -0.4 is 4.90 Å². The van der Waals surface area contributed by atoms with Crippen molar-refractivity contribution in [3.05, 3.63) is 29.8 Å². The molecule has 5 aliphatic heterocycles. The van der Waals surface area contributed by atoms with E-state index < -0.39 is 0 Å². The number of alkyl halides is 1. The molecule has 0 amide bonds. The van der Waals surface area contributed by atoms with Crippen molar-refractivity contribution in [3.63, 3.8) is 0 Å². The maximum atomic E-state index is 11.6. The van der Waals surface area contributed by atoms with Gasteiger partial charge in [-0.25, -0.2) is 0 Å². The minimum Gasteiger partial charge on any atom is -0.392 e. The maximum Gasteiger partial charge on any atom is 0.111 e. The molecule has 5 fully saturated rings. The molecule has 2 N–H and O–H groups in total. The third-order valence-electron chi connectivity index (χ3n) is 8.65. The summed E-state index contributed by atoms with van der Waals surface area (Å²) in [5.74, 6) is 1.14. The number of halogens is 1. The highest BCUT2D eigenvalue weighted by molar-refractivity contribution is 9.09. The second kappa shape index (κ2) is 6.69. The number of para-hydroxylation sites is 1. The number of piperidine rings is 4. The first-order valence-electron chi connectivity index (χ1n) is 11.0. The molecular weight excluding hydrogens is 416 g/mol. The number of aliphatic hydroxyl groups is 2. The van der Waals surface area contributed by atoms with Crippen molar-refractivity contribution < 1.29 is 10.2 Å². The van der Waals surface area contributed by atoms with Gasteiger partial charge in [0, 0.05) is 47.4 Å². The summed E-state index contributed by atoms with van der Waals surface area (Å²) in [4.78, 5) is 4.83. The van der Waals surface area contributed by atoms with Gasteiger partial charge in [-0.2, -0.15) is 0 Å². The lowest BCUT2D eigenvalue weighted by Gasteiger charge is -2.62. The Morgan fingerprint density at radius 1 is 1.18 bits per heavy atom. The molecule has 4 nitrogen and oxygen atoms in total. The van der Waals surface area contributed by atoms with Gasteiger partial charge in [0.15, 0.2) is 0 Å². The highest BCUT2D eigenvalue weighted by Crippen LogP contribution is 2.68. The first-order chi connectivity index (χ1) is 13.5. The van der Waals surface area contributed by atoms with E-state index in [9.17, 15) is 10.2 Å². The normalized spacial score (nSPS) is 48.9.